The number of aryl methyl sites for hydroxylation is 2. The van der Waals surface area contributed by atoms with Gasteiger partial charge in [0.25, 0.3) is 0 Å². The molecule has 1 heterocycles. The molecular formula is C15H17NO4. The third-order valence-corrected chi connectivity index (χ3v) is 2.89. The molecule has 1 N–H and O–H groups in total. The average molecular weight is 275 g/mol. The second-order valence-corrected chi connectivity index (χ2v) is 4.91. The summed E-state index contributed by atoms with van der Waals surface area (Å²) in [7, 11) is 0. The Morgan fingerprint density at radius 1 is 1.35 bits per heavy atom. The largest absolute Gasteiger partial charge is 0.491 e. The predicted octanol–water partition coefficient (Wildman–Crippen LogP) is 3.44. The van der Waals surface area contributed by atoms with E-state index in [1.165, 1.54) is 0 Å². The zero-order valence-electron chi connectivity index (χ0n) is 11.9. The minimum Gasteiger partial charge on any atom is -0.491 e. The van der Waals surface area contributed by atoms with Crippen LogP contribution in [0.1, 0.15) is 35.7 Å². The highest BCUT2D eigenvalue weighted by molar-refractivity contribution is 5.94. The van der Waals surface area contributed by atoms with E-state index >= 15 is 0 Å². The second kappa shape index (κ2) is 5.36. The van der Waals surface area contributed by atoms with E-state index in [2.05, 4.69) is 5.16 Å². The number of hydrogen-bond acceptors (Lipinski definition) is 4. The van der Waals surface area contributed by atoms with Gasteiger partial charge in [0.15, 0.2) is 5.69 Å². The third-order valence-electron chi connectivity index (χ3n) is 2.89. The van der Waals surface area contributed by atoms with Crippen LogP contribution in [0.15, 0.2) is 22.7 Å². The highest BCUT2D eigenvalue weighted by Crippen LogP contribution is 2.31. The molecule has 0 saturated carbocycles. The molecule has 1 aromatic heterocycles. The maximum atomic E-state index is 11.2. The molecule has 0 aliphatic rings. The van der Waals surface area contributed by atoms with Gasteiger partial charge in [-0.3, -0.25) is 0 Å². The number of carboxylic acid groups (broad SMARTS) is 1. The van der Waals surface area contributed by atoms with Gasteiger partial charge in [0, 0.05) is 0 Å². The Hall–Kier alpha value is -2.30. The summed E-state index contributed by atoms with van der Waals surface area (Å²) in [5.41, 5.74) is 2.14. The van der Waals surface area contributed by atoms with Crippen LogP contribution in [0.25, 0.3) is 11.1 Å². The Kier molecular flexibility index (Phi) is 3.79. The summed E-state index contributed by atoms with van der Waals surface area (Å²) in [6.45, 7) is 7.53. The summed E-state index contributed by atoms with van der Waals surface area (Å²) in [5.74, 6) is 0.172. The van der Waals surface area contributed by atoms with Crippen molar-refractivity contribution in [1.82, 2.24) is 5.16 Å². The minimum atomic E-state index is -1.10. The molecule has 0 bridgehead atoms. The van der Waals surface area contributed by atoms with Crippen LogP contribution in [0, 0.1) is 13.8 Å². The van der Waals surface area contributed by atoms with E-state index in [0.29, 0.717) is 11.3 Å². The van der Waals surface area contributed by atoms with E-state index in [1.807, 2.05) is 39.0 Å². The van der Waals surface area contributed by atoms with E-state index in [0.717, 1.165) is 16.9 Å². The lowest BCUT2D eigenvalue weighted by Gasteiger charge is -2.13. The van der Waals surface area contributed by atoms with Gasteiger partial charge in [0.1, 0.15) is 11.5 Å². The van der Waals surface area contributed by atoms with Crippen molar-refractivity contribution in [2.24, 2.45) is 0 Å². The summed E-state index contributed by atoms with van der Waals surface area (Å²) < 4.78 is 10.7. The van der Waals surface area contributed by atoms with Crippen molar-refractivity contribution >= 4 is 5.97 Å². The number of hydrogen-bond donors (Lipinski definition) is 1. The molecule has 5 nitrogen and oxygen atoms in total. The molecule has 0 aliphatic heterocycles. The van der Waals surface area contributed by atoms with Gasteiger partial charge in [-0.1, -0.05) is 11.2 Å². The third kappa shape index (κ3) is 2.66. The molecule has 0 amide bonds. The van der Waals surface area contributed by atoms with Crippen LogP contribution in [0.3, 0.4) is 0 Å². The van der Waals surface area contributed by atoms with E-state index in [9.17, 15) is 4.79 Å². The van der Waals surface area contributed by atoms with Gasteiger partial charge in [-0.15, -0.1) is 0 Å². The second-order valence-electron chi connectivity index (χ2n) is 4.91. The molecule has 0 radical (unpaired) electrons. The van der Waals surface area contributed by atoms with E-state index in [1.54, 1.807) is 6.92 Å². The highest BCUT2D eigenvalue weighted by Gasteiger charge is 2.21. The SMILES string of the molecule is Cc1cc(-c2c(C(=O)O)noc2C)ccc1OC(C)C. The Labute approximate surface area is 117 Å². The maximum Gasteiger partial charge on any atom is 0.358 e. The first-order valence-electron chi connectivity index (χ1n) is 6.37. The monoisotopic (exact) mass is 275 g/mol. The number of carbonyl (C=O) groups is 1. The standard InChI is InChI=1S/C15H17NO4/c1-8(2)19-12-6-5-11(7-9(12)3)13-10(4)20-16-14(13)15(17)18/h5-8H,1-4H3,(H,17,18). The topological polar surface area (TPSA) is 72.6 Å². The van der Waals surface area contributed by atoms with Crippen molar-refractivity contribution in [2.75, 3.05) is 0 Å². The molecule has 5 heteroatoms. The van der Waals surface area contributed by atoms with Crippen LogP contribution in [-0.2, 0) is 0 Å². The Balaban J connectivity index is 2.47. The Morgan fingerprint density at radius 2 is 2.05 bits per heavy atom. The lowest BCUT2D eigenvalue weighted by atomic mass is 10.0. The molecule has 0 unspecified atom stereocenters. The summed E-state index contributed by atoms with van der Waals surface area (Å²) in [6, 6.07) is 5.53. The first kappa shape index (κ1) is 14.1. The number of aromatic carboxylic acids is 1. The summed E-state index contributed by atoms with van der Waals surface area (Å²) in [6.07, 6.45) is 0.0893. The molecule has 2 aromatic rings. The fraction of sp³-hybridized carbons (Fsp3) is 0.333. The Morgan fingerprint density at radius 3 is 2.60 bits per heavy atom. The van der Waals surface area contributed by atoms with Crippen molar-refractivity contribution in [1.29, 1.82) is 0 Å². The average Bonchev–Trinajstić information content (AvgIpc) is 2.73. The maximum absolute atomic E-state index is 11.2. The molecule has 0 atom stereocenters. The number of ether oxygens (including phenoxy) is 1. The fourth-order valence-electron chi connectivity index (χ4n) is 2.05. The smallest absolute Gasteiger partial charge is 0.358 e. The molecule has 20 heavy (non-hydrogen) atoms. The van der Waals surface area contributed by atoms with Crippen LogP contribution < -0.4 is 4.74 Å². The summed E-state index contributed by atoms with van der Waals surface area (Å²) >= 11 is 0. The van der Waals surface area contributed by atoms with Crippen molar-refractivity contribution < 1.29 is 19.2 Å². The van der Waals surface area contributed by atoms with Crippen molar-refractivity contribution in [3.8, 4) is 16.9 Å². The van der Waals surface area contributed by atoms with Crippen molar-refractivity contribution in [3.05, 3.63) is 35.2 Å². The molecule has 0 fully saturated rings. The van der Waals surface area contributed by atoms with Gasteiger partial charge in [-0.05, 0) is 51.0 Å². The van der Waals surface area contributed by atoms with Gasteiger partial charge in [-0.25, -0.2) is 4.79 Å². The number of aromatic nitrogens is 1. The lowest BCUT2D eigenvalue weighted by molar-refractivity contribution is 0.0686. The van der Waals surface area contributed by atoms with Gasteiger partial charge in [0.05, 0.1) is 11.7 Å². The predicted molar refractivity (Wildman–Crippen MR) is 74.1 cm³/mol. The normalized spacial score (nSPS) is 10.8. The fourth-order valence-corrected chi connectivity index (χ4v) is 2.05. The molecule has 0 spiro atoms. The number of carboxylic acids is 1. The van der Waals surface area contributed by atoms with Gasteiger partial charge in [0.2, 0.25) is 0 Å². The number of rotatable bonds is 4. The van der Waals surface area contributed by atoms with Gasteiger partial charge < -0.3 is 14.4 Å². The van der Waals surface area contributed by atoms with Crippen LogP contribution >= 0.6 is 0 Å². The van der Waals surface area contributed by atoms with Crippen LogP contribution in [-0.4, -0.2) is 22.3 Å². The van der Waals surface area contributed by atoms with Crippen LogP contribution in [0.5, 0.6) is 5.75 Å². The molecule has 2 rings (SSSR count). The van der Waals surface area contributed by atoms with E-state index < -0.39 is 5.97 Å². The zero-order valence-corrected chi connectivity index (χ0v) is 11.9. The first-order valence-corrected chi connectivity index (χ1v) is 6.37. The quantitative estimate of drug-likeness (QED) is 0.925. The Bertz CT molecular complexity index is 643. The molecular weight excluding hydrogens is 258 g/mol. The molecule has 0 aliphatic carbocycles. The number of nitrogens with zero attached hydrogens (tertiary/aromatic N) is 1. The summed E-state index contributed by atoms with van der Waals surface area (Å²) in [5, 5.41) is 12.7. The van der Waals surface area contributed by atoms with Crippen molar-refractivity contribution in [2.45, 2.75) is 33.8 Å². The van der Waals surface area contributed by atoms with Gasteiger partial charge >= 0.3 is 5.97 Å². The zero-order chi connectivity index (χ0) is 14.9. The van der Waals surface area contributed by atoms with Crippen LogP contribution in [0.2, 0.25) is 0 Å². The first-order chi connectivity index (χ1) is 9.40. The van der Waals surface area contributed by atoms with Crippen LogP contribution in [0.4, 0.5) is 0 Å². The lowest BCUT2D eigenvalue weighted by Crippen LogP contribution is -2.06. The van der Waals surface area contributed by atoms with Gasteiger partial charge in [-0.2, -0.15) is 0 Å². The molecule has 0 saturated heterocycles. The number of benzene rings is 1. The minimum absolute atomic E-state index is 0.0700. The molecule has 1 aromatic carbocycles. The van der Waals surface area contributed by atoms with E-state index in [4.69, 9.17) is 14.4 Å². The summed E-state index contributed by atoms with van der Waals surface area (Å²) in [4.78, 5) is 11.2. The van der Waals surface area contributed by atoms with Crippen molar-refractivity contribution in [3.63, 3.8) is 0 Å². The molecule has 106 valence electrons. The highest BCUT2D eigenvalue weighted by atomic mass is 16.5. The van der Waals surface area contributed by atoms with E-state index in [-0.39, 0.29) is 11.8 Å².